The number of hydrogen-bond donors (Lipinski definition) is 2. The van der Waals surface area contributed by atoms with Crippen LogP contribution in [-0.4, -0.2) is 35.6 Å². The van der Waals surface area contributed by atoms with Gasteiger partial charge in [0.25, 0.3) is 0 Å². The number of aliphatic hydroxyl groups excluding tert-OH is 2. The van der Waals surface area contributed by atoms with E-state index in [1.165, 1.54) is 33.4 Å². The Bertz CT molecular complexity index is 1850. The molecule has 6 aromatic rings. The minimum atomic E-state index is -0.517. The van der Waals surface area contributed by atoms with Crippen LogP contribution in [0, 0.1) is 0 Å². The second kappa shape index (κ2) is 12.0. The van der Waals surface area contributed by atoms with Crippen molar-refractivity contribution in [1.29, 1.82) is 0 Å². The van der Waals surface area contributed by atoms with Crippen LogP contribution in [0.5, 0.6) is 11.5 Å². The van der Waals surface area contributed by atoms with Crippen molar-refractivity contribution < 1.29 is 19.7 Å². The molecule has 4 nitrogen and oxygen atoms in total. The average Bonchev–Trinajstić information content (AvgIpc) is 3.40. The second-order valence-corrected chi connectivity index (χ2v) is 12.0. The summed E-state index contributed by atoms with van der Waals surface area (Å²) in [6, 6.07) is 43.4. The summed E-state index contributed by atoms with van der Waals surface area (Å²) in [6.07, 6.45) is 0.379. The first-order valence-electron chi connectivity index (χ1n) is 15.9. The Morgan fingerprint density at radius 1 is 0.511 bits per heavy atom. The van der Waals surface area contributed by atoms with E-state index < -0.39 is 17.6 Å². The zero-order valence-electron chi connectivity index (χ0n) is 25.7. The molecule has 1 aliphatic carbocycles. The zero-order valence-corrected chi connectivity index (χ0v) is 25.7. The van der Waals surface area contributed by atoms with E-state index in [2.05, 4.69) is 109 Å². The predicted octanol–water partition coefficient (Wildman–Crippen LogP) is 8.66. The van der Waals surface area contributed by atoms with E-state index in [9.17, 15) is 10.2 Å². The molecule has 0 saturated heterocycles. The van der Waals surface area contributed by atoms with E-state index in [4.69, 9.17) is 9.47 Å². The lowest BCUT2D eigenvalue weighted by Crippen LogP contribution is -2.28. The maximum Gasteiger partial charge on any atom is 0.120 e. The lowest BCUT2D eigenvalue weighted by molar-refractivity contribution is 0.104. The third-order valence-corrected chi connectivity index (χ3v) is 9.27. The molecular weight excluding hydrogens is 556 g/mol. The molecule has 1 aliphatic rings. The molecule has 45 heavy (non-hydrogen) atoms. The highest BCUT2D eigenvalue weighted by molar-refractivity contribution is 5.92. The van der Waals surface area contributed by atoms with Gasteiger partial charge in [-0.05, 0) is 104 Å². The highest BCUT2D eigenvalue weighted by Gasteiger charge is 2.46. The molecule has 0 amide bonds. The van der Waals surface area contributed by atoms with Crippen LogP contribution < -0.4 is 9.47 Å². The van der Waals surface area contributed by atoms with Gasteiger partial charge in [-0.15, -0.1) is 0 Å². The third kappa shape index (κ3) is 5.14. The van der Waals surface area contributed by atoms with Crippen LogP contribution in [-0.2, 0) is 5.41 Å². The van der Waals surface area contributed by atoms with Gasteiger partial charge in [-0.3, -0.25) is 0 Å². The average molecular weight is 595 g/mol. The number of benzene rings is 6. The first-order valence-corrected chi connectivity index (χ1v) is 15.9. The summed E-state index contributed by atoms with van der Waals surface area (Å²) in [5.74, 6) is 1.52. The van der Waals surface area contributed by atoms with Crippen LogP contribution in [0.1, 0.15) is 48.9 Å². The molecule has 0 fully saturated rings. The smallest absolute Gasteiger partial charge is 0.120 e. The van der Waals surface area contributed by atoms with Crippen molar-refractivity contribution in [2.45, 2.75) is 44.3 Å². The summed E-state index contributed by atoms with van der Waals surface area (Å²) in [6.45, 7) is 4.47. The van der Waals surface area contributed by atoms with E-state index in [1.807, 2.05) is 26.0 Å². The van der Waals surface area contributed by atoms with Crippen molar-refractivity contribution >= 4 is 21.5 Å². The fourth-order valence-corrected chi connectivity index (χ4v) is 6.74. The Kier molecular flexibility index (Phi) is 7.78. The van der Waals surface area contributed by atoms with Crippen molar-refractivity contribution in [2.24, 2.45) is 0 Å². The van der Waals surface area contributed by atoms with Crippen molar-refractivity contribution in [1.82, 2.24) is 0 Å². The Labute approximate surface area is 264 Å². The van der Waals surface area contributed by atoms with E-state index in [-0.39, 0.29) is 13.2 Å². The number of fused-ring (bicyclic) bond motifs is 5. The first kappa shape index (κ1) is 29.1. The SMILES string of the molecule is CCC(O)COc1ccc2cc(C3(c4ccc5cc(OCC(O)CC)ccc5c4)c4ccccc4-c4ccccc43)ccc2c1. The van der Waals surface area contributed by atoms with Gasteiger partial charge in [0.1, 0.15) is 24.7 Å². The summed E-state index contributed by atoms with van der Waals surface area (Å²) in [5, 5.41) is 24.4. The normalized spacial score (nSPS) is 14.6. The lowest BCUT2D eigenvalue weighted by atomic mass is 9.67. The Balaban J connectivity index is 1.38. The minimum absolute atomic E-state index is 0.285. The molecule has 0 heterocycles. The highest BCUT2D eigenvalue weighted by atomic mass is 16.5. The quantitative estimate of drug-likeness (QED) is 0.166. The summed E-state index contributed by atoms with van der Waals surface area (Å²) in [5.41, 5.74) is 6.94. The molecule has 0 bridgehead atoms. The fraction of sp³-hybridized carbons (Fsp3) is 0.220. The third-order valence-electron chi connectivity index (χ3n) is 9.27. The van der Waals surface area contributed by atoms with Gasteiger partial charge >= 0.3 is 0 Å². The van der Waals surface area contributed by atoms with Crippen LogP contribution >= 0.6 is 0 Å². The van der Waals surface area contributed by atoms with Gasteiger partial charge in [0.05, 0.1) is 17.6 Å². The minimum Gasteiger partial charge on any atom is -0.491 e. The molecule has 2 N–H and O–H groups in total. The van der Waals surface area contributed by atoms with Crippen molar-refractivity contribution in [3.05, 3.63) is 144 Å². The monoisotopic (exact) mass is 594 g/mol. The van der Waals surface area contributed by atoms with Gasteiger partial charge in [-0.2, -0.15) is 0 Å². The van der Waals surface area contributed by atoms with E-state index >= 15 is 0 Å². The number of hydrogen-bond acceptors (Lipinski definition) is 4. The van der Waals surface area contributed by atoms with Crippen molar-refractivity contribution in [3.63, 3.8) is 0 Å². The van der Waals surface area contributed by atoms with Crippen molar-refractivity contribution in [3.8, 4) is 22.6 Å². The van der Waals surface area contributed by atoms with E-state index in [0.717, 1.165) is 33.0 Å². The topological polar surface area (TPSA) is 58.9 Å². The standard InChI is InChI=1S/C41H38O4/c1-3-33(42)25-44-35-19-15-27-21-31(17-13-29(27)23-35)41(39-11-7-5-9-37(39)38-10-6-8-12-40(38)41)32-18-14-30-24-36(20-16-28(30)22-32)45-26-34(43)4-2/h5-24,33-34,42-43H,3-4,25-26H2,1-2H3. The second-order valence-electron chi connectivity index (χ2n) is 12.0. The highest BCUT2D eigenvalue weighted by Crippen LogP contribution is 2.56. The van der Waals surface area contributed by atoms with Crippen LogP contribution in [0.25, 0.3) is 32.7 Å². The molecule has 0 radical (unpaired) electrons. The van der Waals surface area contributed by atoms with Crippen LogP contribution in [0.15, 0.2) is 121 Å². The number of rotatable bonds is 10. The molecular formula is C41H38O4. The van der Waals surface area contributed by atoms with E-state index in [1.54, 1.807) is 0 Å². The summed E-state index contributed by atoms with van der Waals surface area (Å²) in [7, 11) is 0. The van der Waals surface area contributed by atoms with Gasteiger partial charge in [0.2, 0.25) is 0 Å². The summed E-state index contributed by atoms with van der Waals surface area (Å²) >= 11 is 0. The molecule has 0 spiro atoms. The van der Waals surface area contributed by atoms with Gasteiger partial charge < -0.3 is 19.7 Å². The van der Waals surface area contributed by atoms with Gasteiger partial charge in [0, 0.05) is 0 Å². The molecule has 0 aromatic heterocycles. The summed E-state index contributed by atoms with van der Waals surface area (Å²) in [4.78, 5) is 0. The first-order chi connectivity index (χ1) is 22.0. The van der Waals surface area contributed by atoms with Crippen LogP contribution in [0.3, 0.4) is 0 Å². The maximum absolute atomic E-state index is 9.98. The number of ether oxygens (including phenoxy) is 2. The Morgan fingerprint density at radius 2 is 0.911 bits per heavy atom. The predicted molar refractivity (Wildman–Crippen MR) is 182 cm³/mol. The molecule has 0 saturated carbocycles. The van der Waals surface area contributed by atoms with Crippen LogP contribution in [0.4, 0.5) is 0 Å². The zero-order chi connectivity index (χ0) is 31.0. The largest absolute Gasteiger partial charge is 0.491 e. The molecule has 0 aliphatic heterocycles. The maximum atomic E-state index is 9.98. The molecule has 6 aromatic carbocycles. The Morgan fingerprint density at radius 3 is 1.36 bits per heavy atom. The van der Waals surface area contributed by atoms with Gasteiger partial charge in [0.15, 0.2) is 0 Å². The van der Waals surface area contributed by atoms with Crippen molar-refractivity contribution in [2.75, 3.05) is 13.2 Å². The van der Waals surface area contributed by atoms with Gasteiger partial charge in [-0.1, -0.05) is 98.8 Å². The molecule has 4 heteroatoms. The van der Waals surface area contributed by atoms with Gasteiger partial charge in [-0.25, -0.2) is 0 Å². The molecule has 226 valence electrons. The molecule has 7 rings (SSSR count). The lowest BCUT2D eigenvalue weighted by Gasteiger charge is -2.34. The Hall–Kier alpha value is -4.64. The molecule has 2 atom stereocenters. The van der Waals surface area contributed by atoms with E-state index in [0.29, 0.717) is 12.8 Å². The molecule has 2 unspecified atom stereocenters. The van der Waals surface area contributed by atoms with Crippen LogP contribution in [0.2, 0.25) is 0 Å². The summed E-state index contributed by atoms with van der Waals surface area (Å²) < 4.78 is 11.8. The number of aliphatic hydroxyl groups is 2. The fourth-order valence-electron chi connectivity index (χ4n) is 6.74.